The number of carbonyl (C=O) groups excluding carboxylic acids is 1. The number of piperidine rings is 1. The summed E-state index contributed by atoms with van der Waals surface area (Å²) in [6, 6.07) is 3.18. The molecular weight excluding hydrogens is 270 g/mol. The molecule has 1 aliphatic rings. The standard InChI is InChI=1S/C15H23N3O3/c1-17-7-5-12(10-14(17)19)15(20)16-13-4-3-6-18(11-13)8-9-21-2/h5,7,10,13H,3-4,6,8-9,11H2,1-2H3,(H,16,20)/t13-/m1/s1. The first-order chi connectivity index (χ1) is 10.1. The lowest BCUT2D eigenvalue weighted by Crippen LogP contribution is -2.48. The van der Waals surface area contributed by atoms with Crippen LogP contribution in [-0.4, -0.2) is 54.8 Å². The van der Waals surface area contributed by atoms with E-state index in [1.165, 1.54) is 10.6 Å². The third-order valence-corrected chi connectivity index (χ3v) is 3.82. The van der Waals surface area contributed by atoms with Gasteiger partial charge in [-0.1, -0.05) is 0 Å². The molecule has 21 heavy (non-hydrogen) atoms. The molecule has 0 aromatic carbocycles. The highest BCUT2D eigenvalue weighted by atomic mass is 16.5. The van der Waals surface area contributed by atoms with Crippen LogP contribution in [0.2, 0.25) is 0 Å². The van der Waals surface area contributed by atoms with Gasteiger partial charge in [-0.2, -0.15) is 0 Å². The molecule has 1 fully saturated rings. The highest BCUT2D eigenvalue weighted by Gasteiger charge is 2.21. The summed E-state index contributed by atoms with van der Waals surface area (Å²) in [5.74, 6) is -0.175. The van der Waals surface area contributed by atoms with Crippen LogP contribution in [-0.2, 0) is 11.8 Å². The lowest BCUT2D eigenvalue weighted by atomic mass is 10.1. The molecule has 0 radical (unpaired) electrons. The smallest absolute Gasteiger partial charge is 0.251 e. The number of rotatable bonds is 5. The molecular formula is C15H23N3O3. The normalized spacial score (nSPS) is 19.4. The van der Waals surface area contributed by atoms with Crippen molar-refractivity contribution in [1.29, 1.82) is 0 Å². The number of aromatic nitrogens is 1. The molecule has 1 N–H and O–H groups in total. The molecule has 1 atom stereocenters. The van der Waals surface area contributed by atoms with Gasteiger partial charge in [0.05, 0.1) is 6.61 Å². The first-order valence-corrected chi connectivity index (χ1v) is 7.29. The molecule has 1 aliphatic heterocycles. The summed E-state index contributed by atoms with van der Waals surface area (Å²) in [6.07, 6.45) is 3.65. The number of carbonyl (C=O) groups is 1. The quantitative estimate of drug-likeness (QED) is 0.844. The fourth-order valence-corrected chi connectivity index (χ4v) is 2.56. The Labute approximate surface area is 124 Å². The van der Waals surface area contributed by atoms with Crippen molar-refractivity contribution in [2.45, 2.75) is 18.9 Å². The Morgan fingerprint density at radius 3 is 3.05 bits per heavy atom. The predicted octanol–water partition coefficient (Wildman–Crippen LogP) is 0.226. The molecule has 1 aromatic heterocycles. The van der Waals surface area contributed by atoms with Crippen LogP contribution in [0.3, 0.4) is 0 Å². The lowest BCUT2D eigenvalue weighted by molar-refractivity contribution is 0.0878. The van der Waals surface area contributed by atoms with Crippen molar-refractivity contribution in [1.82, 2.24) is 14.8 Å². The number of methoxy groups -OCH3 is 1. The minimum absolute atomic E-state index is 0.132. The maximum Gasteiger partial charge on any atom is 0.251 e. The molecule has 1 aromatic rings. The second-order valence-corrected chi connectivity index (χ2v) is 5.47. The third kappa shape index (κ3) is 4.41. The number of hydrogen-bond acceptors (Lipinski definition) is 4. The zero-order chi connectivity index (χ0) is 15.2. The van der Waals surface area contributed by atoms with Crippen molar-refractivity contribution in [3.63, 3.8) is 0 Å². The molecule has 0 bridgehead atoms. The topological polar surface area (TPSA) is 63.6 Å². The van der Waals surface area contributed by atoms with E-state index in [1.807, 2.05) is 0 Å². The monoisotopic (exact) mass is 293 g/mol. The van der Waals surface area contributed by atoms with Gasteiger partial charge < -0.3 is 14.6 Å². The van der Waals surface area contributed by atoms with Crippen LogP contribution >= 0.6 is 0 Å². The van der Waals surface area contributed by atoms with Crippen LogP contribution in [0.4, 0.5) is 0 Å². The van der Waals surface area contributed by atoms with Crippen molar-refractivity contribution in [2.75, 3.05) is 33.4 Å². The van der Waals surface area contributed by atoms with E-state index in [9.17, 15) is 9.59 Å². The fourth-order valence-electron chi connectivity index (χ4n) is 2.56. The maximum atomic E-state index is 12.2. The van der Waals surface area contributed by atoms with E-state index in [0.717, 1.165) is 32.5 Å². The van der Waals surface area contributed by atoms with Crippen LogP contribution in [0.5, 0.6) is 0 Å². The summed E-state index contributed by atoms with van der Waals surface area (Å²) in [6.45, 7) is 3.46. The second kappa shape index (κ2) is 7.38. The van der Waals surface area contributed by atoms with Gasteiger partial charge in [-0.25, -0.2) is 0 Å². The maximum absolute atomic E-state index is 12.2. The zero-order valence-corrected chi connectivity index (χ0v) is 12.7. The number of amides is 1. The Balaban J connectivity index is 1.92. The van der Waals surface area contributed by atoms with Crippen molar-refractivity contribution < 1.29 is 9.53 Å². The van der Waals surface area contributed by atoms with Gasteiger partial charge in [-0.15, -0.1) is 0 Å². The first-order valence-electron chi connectivity index (χ1n) is 7.29. The number of nitrogens with zero attached hydrogens (tertiary/aromatic N) is 2. The predicted molar refractivity (Wildman–Crippen MR) is 80.5 cm³/mol. The Morgan fingerprint density at radius 2 is 2.33 bits per heavy atom. The third-order valence-electron chi connectivity index (χ3n) is 3.82. The largest absolute Gasteiger partial charge is 0.383 e. The van der Waals surface area contributed by atoms with Gasteiger partial charge in [-0.05, 0) is 25.5 Å². The van der Waals surface area contributed by atoms with Gasteiger partial charge in [0.1, 0.15) is 0 Å². The van der Waals surface area contributed by atoms with Gasteiger partial charge in [0, 0.05) is 51.1 Å². The Hall–Kier alpha value is -1.66. The number of aryl methyl sites for hydroxylation is 1. The second-order valence-electron chi connectivity index (χ2n) is 5.47. The average molecular weight is 293 g/mol. The van der Waals surface area contributed by atoms with Gasteiger partial charge in [-0.3, -0.25) is 14.5 Å². The highest BCUT2D eigenvalue weighted by Crippen LogP contribution is 2.10. The van der Waals surface area contributed by atoms with Gasteiger partial charge >= 0.3 is 0 Å². The van der Waals surface area contributed by atoms with Crippen LogP contribution in [0.1, 0.15) is 23.2 Å². The Morgan fingerprint density at radius 1 is 1.52 bits per heavy atom. The number of ether oxygens (including phenoxy) is 1. The van der Waals surface area contributed by atoms with Crippen molar-refractivity contribution in [3.8, 4) is 0 Å². The molecule has 0 spiro atoms. The van der Waals surface area contributed by atoms with Crippen molar-refractivity contribution in [2.24, 2.45) is 7.05 Å². The molecule has 6 heteroatoms. The van der Waals surface area contributed by atoms with Crippen molar-refractivity contribution in [3.05, 3.63) is 34.2 Å². The Bertz CT molecular complexity index is 541. The van der Waals surface area contributed by atoms with E-state index in [2.05, 4.69) is 10.2 Å². The minimum Gasteiger partial charge on any atom is -0.383 e. The van der Waals surface area contributed by atoms with Gasteiger partial charge in [0.15, 0.2) is 0 Å². The van der Waals surface area contributed by atoms with E-state index in [-0.39, 0.29) is 17.5 Å². The van der Waals surface area contributed by atoms with E-state index in [0.29, 0.717) is 12.2 Å². The van der Waals surface area contributed by atoms with Gasteiger partial charge in [0.2, 0.25) is 0 Å². The van der Waals surface area contributed by atoms with E-state index >= 15 is 0 Å². The van der Waals surface area contributed by atoms with Crippen LogP contribution in [0, 0.1) is 0 Å². The summed E-state index contributed by atoms with van der Waals surface area (Å²) in [7, 11) is 3.36. The van der Waals surface area contributed by atoms with Crippen LogP contribution < -0.4 is 10.9 Å². The number of pyridine rings is 1. The molecule has 1 saturated heterocycles. The molecule has 0 saturated carbocycles. The van der Waals surface area contributed by atoms with E-state index < -0.39 is 0 Å². The first kappa shape index (κ1) is 15.7. The highest BCUT2D eigenvalue weighted by molar-refractivity contribution is 5.94. The molecule has 6 nitrogen and oxygen atoms in total. The van der Waals surface area contributed by atoms with E-state index in [1.54, 1.807) is 26.4 Å². The van der Waals surface area contributed by atoms with Crippen LogP contribution in [0.15, 0.2) is 23.1 Å². The summed E-state index contributed by atoms with van der Waals surface area (Å²) >= 11 is 0. The average Bonchev–Trinajstić information content (AvgIpc) is 2.48. The Kier molecular flexibility index (Phi) is 5.52. The SMILES string of the molecule is COCCN1CCC[C@@H](NC(=O)c2ccn(C)c(=O)c2)C1. The molecule has 2 rings (SSSR count). The summed E-state index contributed by atoms with van der Waals surface area (Å²) in [5.41, 5.74) is 0.250. The van der Waals surface area contributed by atoms with E-state index in [4.69, 9.17) is 4.74 Å². The molecule has 0 unspecified atom stereocenters. The lowest BCUT2D eigenvalue weighted by Gasteiger charge is -2.32. The summed E-state index contributed by atoms with van der Waals surface area (Å²) in [5, 5.41) is 3.02. The number of nitrogens with one attached hydrogen (secondary N) is 1. The molecule has 116 valence electrons. The van der Waals surface area contributed by atoms with Crippen LogP contribution in [0.25, 0.3) is 0 Å². The minimum atomic E-state index is -0.175. The van der Waals surface area contributed by atoms with Crippen molar-refractivity contribution >= 4 is 5.91 Å². The number of hydrogen-bond donors (Lipinski definition) is 1. The number of likely N-dealkylation sites (tertiary alicyclic amines) is 1. The van der Waals surface area contributed by atoms with Gasteiger partial charge in [0.25, 0.3) is 11.5 Å². The fraction of sp³-hybridized carbons (Fsp3) is 0.600. The summed E-state index contributed by atoms with van der Waals surface area (Å²) < 4.78 is 6.54. The molecule has 0 aliphatic carbocycles. The summed E-state index contributed by atoms with van der Waals surface area (Å²) in [4.78, 5) is 26.1. The molecule has 2 heterocycles. The molecule has 1 amide bonds. The zero-order valence-electron chi connectivity index (χ0n) is 12.7.